The lowest BCUT2D eigenvalue weighted by molar-refractivity contribution is -0.0682. The van der Waals surface area contributed by atoms with Crippen molar-refractivity contribution in [3.8, 4) is 0 Å². The third-order valence-electron chi connectivity index (χ3n) is 2.42. The number of rotatable bonds is 2. The Kier molecular flexibility index (Phi) is 2.73. The van der Waals surface area contributed by atoms with Gasteiger partial charge in [0.05, 0.1) is 12.7 Å². The van der Waals surface area contributed by atoms with Crippen LogP contribution >= 0.6 is 0 Å². The standard InChI is InChI=1S/C8H14O4/c1-3-8(11)5(2)12-6(4-9)7(8)10/h2,5-7,9-11H,3-4H2,1H3/t5-,6+,7-,8?/m0/s1. The van der Waals surface area contributed by atoms with Crippen LogP contribution in [-0.2, 0) is 4.74 Å². The summed E-state index contributed by atoms with van der Waals surface area (Å²) in [7, 11) is 0. The first kappa shape index (κ1) is 9.92. The van der Waals surface area contributed by atoms with Crippen molar-refractivity contribution in [2.24, 2.45) is 0 Å². The van der Waals surface area contributed by atoms with Gasteiger partial charge in [-0.3, -0.25) is 0 Å². The lowest BCUT2D eigenvalue weighted by atomic mass is 9.89. The molecule has 1 aliphatic heterocycles. The zero-order chi connectivity index (χ0) is 9.35. The maximum Gasteiger partial charge on any atom is 0.119 e. The van der Waals surface area contributed by atoms with Gasteiger partial charge < -0.3 is 20.1 Å². The fourth-order valence-electron chi connectivity index (χ4n) is 1.42. The Hall–Kier alpha value is -0.160. The lowest BCUT2D eigenvalue weighted by Crippen LogP contribution is -2.47. The molecular weight excluding hydrogens is 160 g/mol. The van der Waals surface area contributed by atoms with E-state index in [2.05, 4.69) is 0 Å². The summed E-state index contributed by atoms with van der Waals surface area (Å²) >= 11 is 0. The Bertz CT molecular complexity index is 161. The van der Waals surface area contributed by atoms with Gasteiger partial charge in [-0.15, -0.1) is 0 Å². The van der Waals surface area contributed by atoms with Crippen molar-refractivity contribution in [1.82, 2.24) is 0 Å². The van der Waals surface area contributed by atoms with Crippen LogP contribution in [-0.4, -0.2) is 45.8 Å². The van der Waals surface area contributed by atoms with Crippen LogP contribution in [0.2, 0.25) is 0 Å². The van der Waals surface area contributed by atoms with Gasteiger partial charge in [0, 0.05) is 0 Å². The van der Waals surface area contributed by atoms with E-state index in [1.807, 2.05) is 0 Å². The Morgan fingerprint density at radius 3 is 2.42 bits per heavy atom. The molecule has 0 aromatic heterocycles. The fraction of sp³-hybridized carbons (Fsp3) is 0.875. The van der Waals surface area contributed by atoms with Crippen molar-refractivity contribution in [1.29, 1.82) is 0 Å². The molecule has 0 bridgehead atoms. The minimum atomic E-state index is -1.42. The summed E-state index contributed by atoms with van der Waals surface area (Å²) in [5, 5.41) is 27.9. The van der Waals surface area contributed by atoms with E-state index in [-0.39, 0.29) is 6.61 Å². The first-order valence-corrected chi connectivity index (χ1v) is 3.98. The highest BCUT2D eigenvalue weighted by Gasteiger charge is 2.51. The molecular formula is C8H14O4. The molecule has 70 valence electrons. The van der Waals surface area contributed by atoms with E-state index >= 15 is 0 Å². The molecule has 3 N–H and O–H groups in total. The average molecular weight is 174 g/mol. The van der Waals surface area contributed by atoms with Crippen LogP contribution in [0.25, 0.3) is 0 Å². The summed E-state index contributed by atoms with van der Waals surface area (Å²) in [6, 6.07) is 0. The van der Waals surface area contributed by atoms with E-state index in [1.54, 1.807) is 6.92 Å². The molecule has 4 atom stereocenters. The highest BCUT2D eigenvalue weighted by Crippen LogP contribution is 2.32. The SMILES string of the molecule is [CH][C@@H]1O[C@H](CO)[C@H](O)C1(O)CC. The van der Waals surface area contributed by atoms with E-state index in [9.17, 15) is 10.2 Å². The van der Waals surface area contributed by atoms with Gasteiger partial charge in [-0.25, -0.2) is 0 Å². The smallest absolute Gasteiger partial charge is 0.119 e. The molecule has 0 spiro atoms. The highest BCUT2D eigenvalue weighted by molar-refractivity contribution is 5.03. The average Bonchev–Trinajstić information content (AvgIpc) is 2.30. The predicted molar refractivity (Wildman–Crippen MR) is 41.3 cm³/mol. The third-order valence-corrected chi connectivity index (χ3v) is 2.42. The molecule has 12 heavy (non-hydrogen) atoms. The third kappa shape index (κ3) is 1.25. The number of aliphatic hydroxyl groups is 3. The maximum atomic E-state index is 9.73. The number of aliphatic hydroxyl groups excluding tert-OH is 2. The molecule has 0 aromatic rings. The minimum Gasteiger partial charge on any atom is -0.394 e. The maximum absolute atomic E-state index is 9.73. The highest BCUT2D eigenvalue weighted by atomic mass is 16.6. The fourth-order valence-corrected chi connectivity index (χ4v) is 1.42. The van der Waals surface area contributed by atoms with Gasteiger partial charge in [0.2, 0.25) is 0 Å². The molecule has 1 rings (SSSR count). The first-order chi connectivity index (χ1) is 5.56. The van der Waals surface area contributed by atoms with Crippen LogP contribution in [0.3, 0.4) is 0 Å². The predicted octanol–water partition coefficient (Wildman–Crippen LogP) is -1.04. The lowest BCUT2D eigenvalue weighted by Gasteiger charge is -2.27. The van der Waals surface area contributed by atoms with E-state index in [0.717, 1.165) is 0 Å². The Balaban J connectivity index is 2.76. The van der Waals surface area contributed by atoms with Crippen molar-refractivity contribution in [3.63, 3.8) is 0 Å². The van der Waals surface area contributed by atoms with Gasteiger partial charge in [0.15, 0.2) is 0 Å². The molecule has 1 unspecified atom stereocenters. The van der Waals surface area contributed by atoms with Gasteiger partial charge in [-0.2, -0.15) is 0 Å². The quantitative estimate of drug-likeness (QED) is 0.500. The summed E-state index contributed by atoms with van der Waals surface area (Å²) in [5.41, 5.74) is -1.42. The van der Waals surface area contributed by atoms with Crippen LogP contribution in [0.5, 0.6) is 0 Å². The Morgan fingerprint density at radius 1 is 1.58 bits per heavy atom. The second-order valence-electron chi connectivity index (χ2n) is 3.07. The summed E-state index contributed by atoms with van der Waals surface area (Å²) in [5.74, 6) is 0. The van der Waals surface area contributed by atoms with Gasteiger partial charge in [-0.05, 0) is 13.3 Å². The van der Waals surface area contributed by atoms with E-state index in [4.69, 9.17) is 16.8 Å². The molecule has 0 saturated carbocycles. The van der Waals surface area contributed by atoms with E-state index < -0.39 is 23.9 Å². The van der Waals surface area contributed by atoms with Gasteiger partial charge in [0.1, 0.15) is 17.8 Å². The molecule has 0 amide bonds. The van der Waals surface area contributed by atoms with Crippen molar-refractivity contribution < 1.29 is 20.1 Å². The van der Waals surface area contributed by atoms with E-state index in [0.29, 0.717) is 6.42 Å². The zero-order valence-electron chi connectivity index (χ0n) is 6.97. The Labute approximate surface area is 71.8 Å². The summed E-state index contributed by atoms with van der Waals surface area (Å²) in [6.07, 6.45) is -2.51. The Morgan fingerprint density at radius 2 is 2.17 bits per heavy atom. The van der Waals surface area contributed by atoms with Crippen LogP contribution in [0.4, 0.5) is 0 Å². The number of ether oxygens (including phenoxy) is 1. The normalized spacial score (nSPS) is 48.2. The van der Waals surface area contributed by atoms with Crippen LogP contribution < -0.4 is 0 Å². The molecule has 2 radical (unpaired) electrons. The minimum absolute atomic E-state index is 0.297. The zero-order valence-corrected chi connectivity index (χ0v) is 6.97. The van der Waals surface area contributed by atoms with Crippen LogP contribution in [0.1, 0.15) is 13.3 Å². The van der Waals surface area contributed by atoms with Gasteiger partial charge in [0.25, 0.3) is 0 Å². The van der Waals surface area contributed by atoms with Gasteiger partial charge in [-0.1, -0.05) is 6.92 Å². The molecule has 0 aromatic carbocycles. The molecule has 1 heterocycles. The molecule has 4 heteroatoms. The summed E-state index contributed by atoms with van der Waals surface area (Å²) < 4.78 is 4.96. The van der Waals surface area contributed by atoms with E-state index in [1.165, 1.54) is 0 Å². The second-order valence-corrected chi connectivity index (χ2v) is 3.07. The van der Waals surface area contributed by atoms with Crippen molar-refractivity contribution in [3.05, 3.63) is 6.92 Å². The summed E-state index contributed by atoms with van der Waals surface area (Å²) in [4.78, 5) is 0. The van der Waals surface area contributed by atoms with Crippen molar-refractivity contribution >= 4 is 0 Å². The van der Waals surface area contributed by atoms with Gasteiger partial charge >= 0.3 is 0 Å². The molecule has 4 nitrogen and oxygen atoms in total. The topological polar surface area (TPSA) is 69.9 Å². The van der Waals surface area contributed by atoms with Crippen molar-refractivity contribution in [2.75, 3.05) is 6.61 Å². The van der Waals surface area contributed by atoms with Crippen LogP contribution in [0, 0.1) is 6.92 Å². The number of hydrogen-bond acceptors (Lipinski definition) is 4. The first-order valence-electron chi connectivity index (χ1n) is 3.98. The van der Waals surface area contributed by atoms with Crippen molar-refractivity contribution in [2.45, 2.75) is 37.3 Å². The number of hydrogen-bond donors (Lipinski definition) is 3. The monoisotopic (exact) mass is 174 g/mol. The largest absolute Gasteiger partial charge is 0.394 e. The molecule has 1 aliphatic rings. The van der Waals surface area contributed by atoms with Crippen LogP contribution in [0.15, 0.2) is 0 Å². The summed E-state index contributed by atoms with van der Waals surface area (Å²) in [6.45, 7) is 6.80. The molecule has 1 fully saturated rings. The molecule has 1 saturated heterocycles. The second kappa shape index (κ2) is 3.30. The molecule has 0 aliphatic carbocycles.